The van der Waals surface area contributed by atoms with Gasteiger partial charge in [0, 0.05) is 5.39 Å². The molecule has 0 amide bonds. The fourth-order valence-electron chi connectivity index (χ4n) is 2.61. The number of para-hydroxylation sites is 1. The number of aliphatic hydroxyl groups is 1. The lowest BCUT2D eigenvalue weighted by Crippen LogP contribution is -2.26. The Hall–Kier alpha value is -1.79. The number of fused-ring (bicyclic) bond motifs is 3. The van der Waals surface area contributed by atoms with Crippen LogP contribution < -0.4 is 5.73 Å². The number of imidazole rings is 1. The van der Waals surface area contributed by atoms with Gasteiger partial charge in [-0.05, 0) is 25.7 Å². The molecule has 0 aliphatic rings. The molecule has 0 atom stereocenters. The van der Waals surface area contributed by atoms with Gasteiger partial charge in [0.2, 0.25) is 0 Å². The zero-order valence-corrected chi connectivity index (χ0v) is 16.5. The number of hydrogen-bond acceptors (Lipinski definition) is 5. The molecule has 0 aliphatic carbocycles. The molecule has 5 nitrogen and oxygen atoms in total. The summed E-state index contributed by atoms with van der Waals surface area (Å²) in [5.41, 5.74) is 7.77. The second-order valence-electron chi connectivity index (χ2n) is 6.64. The van der Waals surface area contributed by atoms with Crippen LogP contribution in [-0.2, 0) is 6.54 Å². The Kier molecular flexibility index (Phi) is 6.30. The van der Waals surface area contributed by atoms with Crippen LogP contribution in [0.3, 0.4) is 0 Å². The maximum atomic E-state index is 10.3. The Balaban J connectivity index is 0.000000701. The number of aromatic nitrogens is 3. The molecule has 0 fully saturated rings. The molecule has 0 saturated heterocycles. The number of thioether (sulfide) groups is 1. The van der Waals surface area contributed by atoms with E-state index in [1.54, 1.807) is 25.6 Å². The third kappa shape index (κ3) is 4.44. The van der Waals surface area contributed by atoms with Gasteiger partial charge in [0.25, 0.3) is 0 Å². The molecule has 3 rings (SSSR count). The molecule has 0 spiro atoms. The van der Waals surface area contributed by atoms with Crippen LogP contribution >= 0.6 is 11.8 Å². The van der Waals surface area contributed by atoms with Crippen LogP contribution in [0.4, 0.5) is 5.82 Å². The van der Waals surface area contributed by atoms with E-state index in [0.29, 0.717) is 17.9 Å². The maximum absolute atomic E-state index is 10.3. The number of anilines is 1. The first kappa shape index (κ1) is 19.5. The molecule has 25 heavy (non-hydrogen) atoms. The number of nitrogens with zero attached hydrogens (tertiary/aromatic N) is 3. The summed E-state index contributed by atoms with van der Waals surface area (Å²) in [6.45, 7) is 10.4. The van der Waals surface area contributed by atoms with Crippen molar-refractivity contribution in [2.24, 2.45) is 0 Å². The van der Waals surface area contributed by atoms with E-state index < -0.39 is 5.60 Å². The minimum Gasteiger partial charge on any atom is -0.389 e. The Morgan fingerprint density at radius 2 is 1.80 bits per heavy atom. The number of pyridine rings is 1. The first-order valence-corrected chi connectivity index (χ1v) is 9.70. The first-order chi connectivity index (χ1) is 11.8. The molecule has 2 heterocycles. The summed E-state index contributed by atoms with van der Waals surface area (Å²) in [7, 11) is 0. The second kappa shape index (κ2) is 8.06. The third-order valence-corrected chi connectivity index (χ3v) is 4.25. The molecule has 0 unspecified atom stereocenters. The van der Waals surface area contributed by atoms with Crippen molar-refractivity contribution in [3.05, 3.63) is 24.3 Å². The number of nitrogens with two attached hydrogens (primary N) is 1. The number of hydrogen-bond donors (Lipinski definition) is 2. The Bertz CT molecular complexity index is 852. The Morgan fingerprint density at radius 3 is 2.40 bits per heavy atom. The van der Waals surface area contributed by atoms with Crippen LogP contribution in [0.1, 0.15) is 41.0 Å². The van der Waals surface area contributed by atoms with Gasteiger partial charge in [0.1, 0.15) is 5.52 Å². The van der Waals surface area contributed by atoms with Crippen LogP contribution in [-0.4, -0.2) is 31.0 Å². The minimum absolute atomic E-state index is 0.432. The van der Waals surface area contributed by atoms with E-state index in [9.17, 15) is 5.11 Å². The van der Waals surface area contributed by atoms with Gasteiger partial charge in [0.15, 0.2) is 11.0 Å². The molecule has 0 radical (unpaired) electrons. The van der Waals surface area contributed by atoms with Crippen LogP contribution in [0.15, 0.2) is 29.4 Å². The van der Waals surface area contributed by atoms with E-state index in [1.165, 1.54) is 6.42 Å². The largest absolute Gasteiger partial charge is 0.389 e. The molecule has 3 aromatic rings. The molecule has 0 aliphatic heterocycles. The Labute approximate surface area is 153 Å². The van der Waals surface area contributed by atoms with Crippen molar-refractivity contribution in [1.82, 2.24) is 14.5 Å². The maximum Gasteiger partial charge on any atom is 0.169 e. The zero-order chi connectivity index (χ0) is 18.6. The van der Waals surface area contributed by atoms with Gasteiger partial charge in [-0.25, -0.2) is 9.97 Å². The topological polar surface area (TPSA) is 77.0 Å². The monoisotopic (exact) mass is 360 g/mol. The first-order valence-electron chi connectivity index (χ1n) is 8.72. The van der Waals surface area contributed by atoms with Crippen molar-refractivity contribution in [2.75, 3.05) is 11.5 Å². The number of nitrogen functional groups attached to an aromatic ring is 1. The van der Waals surface area contributed by atoms with Crippen LogP contribution in [0.2, 0.25) is 0 Å². The fourth-order valence-corrected chi connectivity index (χ4v) is 3.34. The summed E-state index contributed by atoms with van der Waals surface area (Å²) < 4.78 is 2.06. The highest BCUT2D eigenvalue weighted by Crippen LogP contribution is 2.33. The van der Waals surface area contributed by atoms with Gasteiger partial charge in [0.05, 0.1) is 23.2 Å². The van der Waals surface area contributed by atoms with Gasteiger partial charge in [-0.2, -0.15) is 0 Å². The summed E-state index contributed by atoms with van der Waals surface area (Å²) in [5, 5.41) is 12.1. The SMILES string of the molecule is CCC.CCSc1nc2c(N)nc3ccccc3c2n1CC(C)(C)O. The molecule has 0 bridgehead atoms. The predicted molar refractivity (Wildman–Crippen MR) is 108 cm³/mol. The van der Waals surface area contributed by atoms with E-state index >= 15 is 0 Å². The fraction of sp³-hybridized carbons (Fsp3) is 0.474. The van der Waals surface area contributed by atoms with Crippen molar-refractivity contribution < 1.29 is 5.11 Å². The van der Waals surface area contributed by atoms with E-state index in [1.807, 2.05) is 24.3 Å². The lowest BCUT2D eigenvalue weighted by Gasteiger charge is -2.20. The van der Waals surface area contributed by atoms with Crippen molar-refractivity contribution in [3.8, 4) is 0 Å². The molecular weight excluding hydrogens is 332 g/mol. The molecule has 6 heteroatoms. The van der Waals surface area contributed by atoms with E-state index in [-0.39, 0.29) is 0 Å². The molecule has 3 N–H and O–H groups in total. The lowest BCUT2D eigenvalue weighted by atomic mass is 10.1. The van der Waals surface area contributed by atoms with Crippen molar-refractivity contribution in [1.29, 1.82) is 0 Å². The van der Waals surface area contributed by atoms with E-state index in [4.69, 9.17) is 5.73 Å². The van der Waals surface area contributed by atoms with Gasteiger partial charge < -0.3 is 15.4 Å². The summed E-state index contributed by atoms with van der Waals surface area (Å²) in [4.78, 5) is 9.11. The normalized spacial score (nSPS) is 11.6. The standard InChI is InChI=1S/C16H20N4OS.C3H8/c1-4-22-15-19-12-13(20(15)9-16(2,3)21)10-7-5-6-8-11(10)18-14(12)17;1-3-2/h5-8,21H,4,9H2,1-3H3,(H2,17,18);3H2,1-2H3. The van der Waals surface area contributed by atoms with Gasteiger partial charge in [-0.15, -0.1) is 0 Å². The van der Waals surface area contributed by atoms with E-state index in [2.05, 4.69) is 35.3 Å². The second-order valence-corrected chi connectivity index (χ2v) is 7.88. The molecule has 2 aromatic heterocycles. The highest BCUT2D eigenvalue weighted by Gasteiger charge is 2.22. The van der Waals surface area contributed by atoms with E-state index in [0.717, 1.165) is 27.3 Å². The van der Waals surface area contributed by atoms with Crippen LogP contribution in [0.5, 0.6) is 0 Å². The average molecular weight is 361 g/mol. The summed E-state index contributed by atoms with van der Waals surface area (Å²) in [6, 6.07) is 7.89. The summed E-state index contributed by atoms with van der Waals surface area (Å²) >= 11 is 1.64. The lowest BCUT2D eigenvalue weighted by molar-refractivity contribution is 0.0603. The minimum atomic E-state index is -0.837. The quantitative estimate of drug-likeness (QED) is 0.672. The average Bonchev–Trinajstić information content (AvgIpc) is 2.86. The smallest absolute Gasteiger partial charge is 0.169 e. The summed E-state index contributed by atoms with van der Waals surface area (Å²) in [5.74, 6) is 1.33. The molecule has 0 saturated carbocycles. The molecule has 1 aromatic carbocycles. The van der Waals surface area contributed by atoms with Crippen LogP contribution in [0.25, 0.3) is 21.9 Å². The van der Waals surface area contributed by atoms with Gasteiger partial charge in [-0.1, -0.05) is 57.2 Å². The van der Waals surface area contributed by atoms with Crippen LogP contribution in [0, 0.1) is 0 Å². The highest BCUT2D eigenvalue weighted by molar-refractivity contribution is 7.99. The Morgan fingerprint density at radius 1 is 1.16 bits per heavy atom. The van der Waals surface area contributed by atoms with Crippen molar-refractivity contribution in [3.63, 3.8) is 0 Å². The zero-order valence-electron chi connectivity index (χ0n) is 15.7. The van der Waals surface area contributed by atoms with Gasteiger partial charge >= 0.3 is 0 Å². The van der Waals surface area contributed by atoms with Crippen molar-refractivity contribution in [2.45, 2.75) is 58.3 Å². The summed E-state index contributed by atoms with van der Waals surface area (Å²) in [6.07, 6.45) is 1.25. The number of rotatable bonds is 4. The molecule has 136 valence electrons. The molecular formula is C19H28N4OS. The van der Waals surface area contributed by atoms with Crippen molar-refractivity contribution >= 4 is 39.5 Å². The highest BCUT2D eigenvalue weighted by atomic mass is 32.2. The van der Waals surface area contributed by atoms with Gasteiger partial charge in [-0.3, -0.25) is 0 Å². The predicted octanol–water partition coefficient (Wildman–Crippen LogP) is 4.47. The number of benzene rings is 1. The third-order valence-electron chi connectivity index (χ3n) is 3.39.